The topological polar surface area (TPSA) is 75.7 Å². The van der Waals surface area contributed by atoms with E-state index in [-0.39, 0.29) is 35.9 Å². The highest BCUT2D eigenvalue weighted by Crippen LogP contribution is 2.32. The number of hydrogen-bond acceptors (Lipinski definition) is 5. The van der Waals surface area contributed by atoms with Crippen LogP contribution in [0.25, 0.3) is 0 Å². The van der Waals surface area contributed by atoms with Crippen molar-refractivity contribution in [1.29, 1.82) is 0 Å². The molecular weight excluding hydrogens is 376 g/mol. The molecule has 2 aliphatic heterocycles. The molecule has 6 nitrogen and oxygen atoms in total. The van der Waals surface area contributed by atoms with Gasteiger partial charge in [-0.1, -0.05) is 36.4 Å². The van der Waals surface area contributed by atoms with E-state index in [0.717, 1.165) is 11.3 Å². The zero-order valence-electron chi connectivity index (χ0n) is 15.2. The maximum atomic E-state index is 12.6. The fraction of sp³-hybridized carbons (Fsp3) is 0.286. The van der Waals surface area contributed by atoms with Crippen LogP contribution < -0.4 is 15.0 Å². The summed E-state index contributed by atoms with van der Waals surface area (Å²) in [6.45, 7) is 0.552. The van der Waals surface area contributed by atoms with Gasteiger partial charge in [0.1, 0.15) is 5.75 Å². The van der Waals surface area contributed by atoms with Gasteiger partial charge >= 0.3 is 0 Å². The summed E-state index contributed by atoms with van der Waals surface area (Å²) >= 11 is 1.22. The molecule has 0 aliphatic carbocycles. The van der Waals surface area contributed by atoms with Gasteiger partial charge < -0.3 is 10.1 Å². The molecule has 2 aliphatic rings. The van der Waals surface area contributed by atoms with Crippen LogP contribution in [0, 0.1) is 0 Å². The standard InChI is InChI=1S/C21H20N2O4S/c24-19(22-16-10-11-27-17-9-5-4-8-15(16)17)13-28-18-12-20(25)23(21(18)26)14-6-2-1-3-7-14/h1-9,16,18H,10-13H2,(H,22,24)/t16-,18+/m0/s1. The van der Waals surface area contributed by atoms with E-state index < -0.39 is 5.25 Å². The van der Waals surface area contributed by atoms with E-state index in [1.807, 2.05) is 30.3 Å². The molecule has 0 bridgehead atoms. The maximum Gasteiger partial charge on any atom is 0.247 e. The van der Waals surface area contributed by atoms with E-state index in [1.54, 1.807) is 24.3 Å². The first-order valence-corrected chi connectivity index (χ1v) is 10.2. The number of hydrogen-bond donors (Lipinski definition) is 1. The summed E-state index contributed by atoms with van der Waals surface area (Å²) in [5, 5.41) is 2.49. The van der Waals surface area contributed by atoms with Crippen LogP contribution in [0.5, 0.6) is 5.75 Å². The summed E-state index contributed by atoms with van der Waals surface area (Å²) in [6.07, 6.45) is 0.821. The average molecular weight is 396 g/mol. The minimum absolute atomic E-state index is 0.0974. The maximum absolute atomic E-state index is 12.6. The third-order valence-electron chi connectivity index (χ3n) is 4.83. The SMILES string of the molecule is O=C(CS[C@@H]1CC(=O)N(c2ccccc2)C1=O)N[C@H]1CCOc2ccccc21. The van der Waals surface area contributed by atoms with E-state index in [2.05, 4.69) is 5.32 Å². The molecule has 28 heavy (non-hydrogen) atoms. The number of carbonyl (C=O) groups excluding carboxylic acids is 3. The van der Waals surface area contributed by atoms with Crippen LogP contribution in [0.15, 0.2) is 54.6 Å². The number of imide groups is 1. The first-order valence-electron chi connectivity index (χ1n) is 9.18. The summed E-state index contributed by atoms with van der Waals surface area (Å²) in [5.74, 6) is 0.288. The first kappa shape index (κ1) is 18.6. The van der Waals surface area contributed by atoms with Crippen LogP contribution in [-0.4, -0.2) is 35.3 Å². The van der Waals surface area contributed by atoms with Gasteiger partial charge in [-0.25, -0.2) is 4.90 Å². The van der Waals surface area contributed by atoms with Crippen molar-refractivity contribution in [3.63, 3.8) is 0 Å². The van der Waals surface area contributed by atoms with Crippen LogP contribution in [0.2, 0.25) is 0 Å². The highest BCUT2D eigenvalue weighted by molar-refractivity contribution is 8.01. The van der Waals surface area contributed by atoms with Crippen molar-refractivity contribution >= 4 is 35.2 Å². The third kappa shape index (κ3) is 3.75. The minimum atomic E-state index is -0.527. The summed E-state index contributed by atoms with van der Waals surface area (Å²) < 4.78 is 5.61. The molecule has 0 aromatic heterocycles. The Balaban J connectivity index is 1.35. The number of fused-ring (bicyclic) bond motifs is 1. The Hall–Kier alpha value is -2.80. The Labute approximate surface area is 167 Å². The molecule has 2 aromatic carbocycles. The molecule has 2 heterocycles. The number of rotatable bonds is 5. The normalized spacial score (nSPS) is 21.2. The molecule has 2 aromatic rings. The summed E-state index contributed by atoms with van der Waals surface area (Å²) in [6, 6.07) is 16.4. The van der Waals surface area contributed by atoms with Gasteiger partial charge in [-0.2, -0.15) is 0 Å². The van der Waals surface area contributed by atoms with Gasteiger partial charge in [0, 0.05) is 18.4 Å². The zero-order chi connectivity index (χ0) is 19.5. The molecular formula is C21H20N2O4S. The van der Waals surface area contributed by atoms with Crippen LogP contribution >= 0.6 is 11.8 Å². The van der Waals surface area contributed by atoms with Crippen molar-refractivity contribution in [2.45, 2.75) is 24.1 Å². The second-order valence-electron chi connectivity index (χ2n) is 6.70. The Morgan fingerprint density at radius 3 is 2.68 bits per heavy atom. The largest absolute Gasteiger partial charge is 0.493 e. The highest BCUT2D eigenvalue weighted by Gasteiger charge is 2.40. The van der Waals surface area contributed by atoms with Gasteiger partial charge in [0.25, 0.3) is 0 Å². The predicted octanol–water partition coefficient (Wildman–Crippen LogP) is 2.69. The van der Waals surface area contributed by atoms with Crippen LogP contribution in [0.1, 0.15) is 24.4 Å². The number of anilines is 1. The smallest absolute Gasteiger partial charge is 0.247 e. The fourth-order valence-corrected chi connectivity index (χ4v) is 4.43. The van der Waals surface area contributed by atoms with Gasteiger partial charge in [-0.05, 0) is 18.2 Å². The lowest BCUT2D eigenvalue weighted by atomic mass is 10.0. The molecule has 4 rings (SSSR count). The Morgan fingerprint density at radius 2 is 1.86 bits per heavy atom. The number of amides is 3. The summed E-state index contributed by atoms with van der Waals surface area (Å²) in [4.78, 5) is 38.5. The van der Waals surface area contributed by atoms with Crippen molar-refractivity contribution in [1.82, 2.24) is 5.32 Å². The van der Waals surface area contributed by atoms with Crippen LogP contribution in [-0.2, 0) is 14.4 Å². The number of nitrogens with one attached hydrogen (secondary N) is 1. The molecule has 7 heteroatoms. The summed E-state index contributed by atoms with van der Waals surface area (Å²) in [5.41, 5.74) is 1.54. The van der Waals surface area contributed by atoms with Gasteiger partial charge in [-0.15, -0.1) is 11.8 Å². The zero-order valence-corrected chi connectivity index (χ0v) is 16.0. The second kappa shape index (κ2) is 8.06. The average Bonchev–Trinajstić information content (AvgIpc) is 3.00. The lowest BCUT2D eigenvalue weighted by Crippen LogP contribution is -2.34. The molecule has 0 spiro atoms. The van der Waals surface area contributed by atoms with E-state index in [0.29, 0.717) is 18.7 Å². The van der Waals surface area contributed by atoms with Crippen molar-refractivity contribution in [2.24, 2.45) is 0 Å². The summed E-state index contributed by atoms with van der Waals surface area (Å²) in [7, 11) is 0. The van der Waals surface area contributed by atoms with Crippen LogP contribution in [0.4, 0.5) is 5.69 Å². The fourth-order valence-electron chi connectivity index (χ4n) is 3.49. The Morgan fingerprint density at radius 1 is 1.11 bits per heavy atom. The number of carbonyl (C=O) groups is 3. The predicted molar refractivity (Wildman–Crippen MR) is 107 cm³/mol. The highest BCUT2D eigenvalue weighted by atomic mass is 32.2. The Bertz CT molecular complexity index is 902. The quantitative estimate of drug-likeness (QED) is 0.787. The third-order valence-corrected chi connectivity index (χ3v) is 6.03. The molecule has 1 N–H and O–H groups in total. The van der Waals surface area contributed by atoms with E-state index in [9.17, 15) is 14.4 Å². The van der Waals surface area contributed by atoms with Gasteiger partial charge in [0.05, 0.1) is 29.3 Å². The number of thioether (sulfide) groups is 1. The van der Waals surface area contributed by atoms with Gasteiger partial charge in [0.2, 0.25) is 17.7 Å². The van der Waals surface area contributed by atoms with Gasteiger partial charge in [-0.3, -0.25) is 14.4 Å². The molecule has 0 saturated carbocycles. The molecule has 1 fully saturated rings. The van der Waals surface area contributed by atoms with Gasteiger partial charge in [0.15, 0.2) is 0 Å². The van der Waals surface area contributed by atoms with Crippen molar-refractivity contribution in [3.8, 4) is 5.75 Å². The first-order chi connectivity index (χ1) is 13.6. The lowest BCUT2D eigenvalue weighted by molar-refractivity contribution is -0.121. The molecule has 144 valence electrons. The lowest BCUT2D eigenvalue weighted by Gasteiger charge is -2.26. The number of ether oxygens (including phenoxy) is 1. The van der Waals surface area contributed by atoms with Crippen molar-refractivity contribution in [2.75, 3.05) is 17.3 Å². The van der Waals surface area contributed by atoms with Crippen molar-refractivity contribution in [3.05, 3.63) is 60.2 Å². The number of benzene rings is 2. The molecule has 0 unspecified atom stereocenters. The van der Waals surface area contributed by atoms with E-state index in [1.165, 1.54) is 16.7 Å². The molecule has 2 atom stereocenters. The minimum Gasteiger partial charge on any atom is -0.493 e. The molecule has 0 radical (unpaired) electrons. The van der Waals surface area contributed by atoms with Crippen molar-refractivity contribution < 1.29 is 19.1 Å². The monoisotopic (exact) mass is 396 g/mol. The Kier molecular flexibility index (Phi) is 5.34. The van der Waals surface area contributed by atoms with E-state index in [4.69, 9.17) is 4.74 Å². The van der Waals surface area contributed by atoms with E-state index >= 15 is 0 Å². The number of nitrogens with zero attached hydrogens (tertiary/aromatic N) is 1. The number of para-hydroxylation sites is 2. The second-order valence-corrected chi connectivity index (χ2v) is 7.89. The van der Waals surface area contributed by atoms with Crippen LogP contribution in [0.3, 0.4) is 0 Å². The molecule has 1 saturated heterocycles. The molecule has 3 amide bonds.